The van der Waals surface area contributed by atoms with Crippen molar-refractivity contribution in [2.24, 2.45) is 0 Å². The number of methoxy groups -OCH3 is 1. The van der Waals surface area contributed by atoms with Gasteiger partial charge in [-0.1, -0.05) is 0 Å². The van der Waals surface area contributed by atoms with Crippen molar-refractivity contribution in [3.05, 3.63) is 11.9 Å². The second-order valence-electron chi connectivity index (χ2n) is 3.98. The van der Waals surface area contributed by atoms with E-state index < -0.39 is 12.0 Å². The predicted molar refractivity (Wildman–Crippen MR) is 65.7 cm³/mol. The molecule has 0 spiro atoms. The third-order valence-electron chi connectivity index (χ3n) is 2.33. The van der Waals surface area contributed by atoms with E-state index in [0.717, 1.165) is 19.3 Å². The van der Waals surface area contributed by atoms with Crippen molar-refractivity contribution in [3.8, 4) is 0 Å². The Morgan fingerprint density at radius 1 is 1.26 bits per heavy atom. The summed E-state index contributed by atoms with van der Waals surface area (Å²) in [4.78, 5) is 6.55. The molecule has 0 atom stereocenters. The smallest absolute Gasteiger partial charge is 0.385 e. The number of nitrogens with zero attached hydrogens (tertiary/aromatic N) is 2. The van der Waals surface area contributed by atoms with Crippen molar-refractivity contribution >= 4 is 11.6 Å². The van der Waals surface area contributed by atoms with E-state index in [0.29, 0.717) is 13.2 Å². The van der Waals surface area contributed by atoms with Crippen LogP contribution >= 0.6 is 0 Å². The van der Waals surface area contributed by atoms with Gasteiger partial charge in [0, 0.05) is 26.3 Å². The van der Waals surface area contributed by atoms with Crippen LogP contribution in [0.25, 0.3) is 0 Å². The number of nitrogen functional groups attached to an aromatic ring is 1. The molecule has 5 nitrogen and oxygen atoms in total. The summed E-state index contributed by atoms with van der Waals surface area (Å²) in [5.41, 5.74) is 5.32. The number of alkyl halides is 3. The number of hydrogen-bond acceptors (Lipinski definition) is 5. The van der Waals surface area contributed by atoms with Gasteiger partial charge in [-0.2, -0.15) is 13.2 Å². The molecule has 0 bridgehead atoms. The topological polar surface area (TPSA) is 73.1 Å². The van der Waals surface area contributed by atoms with E-state index in [1.807, 2.05) is 0 Å². The van der Waals surface area contributed by atoms with E-state index in [-0.39, 0.29) is 11.6 Å². The maximum absolute atomic E-state index is 12.5. The molecular formula is C11H17F3N4O. The highest BCUT2D eigenvalue weighted by molar-refractivity contribution is 5.44. The van der Waals surface area contributed by atoms with Gasteiger partial charge in [-0.25, -0.2) is 9.97 Å². The Kier molecular flexibility index (Phi) is 5.81. The lowest BCUT2D eigenvalue weighted by Crippen LogP contribution is -2.15. The number of hydrogen-bond donors (Lipinski definition) is 2. The fourth-order valence-electron chi connectivity index (χ4n) is 1.45. The molecule has 19 heavy (non-hydrogen) atoms. The van der Waals surface area contributed by atoms with Crippen LogP contribution in [0.5, 0.6) is 0 Å². The zero-order valence-corrected chi connectivity index (χ0v) is 10.6. The maximum atomic E-state index is 12.5. The van der Waals surface area contributed by atoms with Crippen LogP contribution in [0.4, 0.5) is 24.8 Å². The number of rotatable bonds is 7. The highest BCUT2D eigenvalue weighted by Crippen LogP contribution is 2.27. The number of nitrogens with one attached hydrogen (secondary N) is 1. The van der Waals surface area contributed by atoms with E-state index in [9.17, 15) is 13.2 Å². The highest BCUT2D eigenvalue weighted by atomic mass is 19.4. The van der Waals surface area contributed by atoms with Gasteiger partial charge in [-0.05, 0) is 19.3 Å². The van der Waals surface area contributed by atoms with Gasteiger partial charge >= 0.3 is 6.18 Å². The SMILES string of the molecule is COCCCCCNc1cc(N)nc(C(F)(F)F)n1. The molecule has 0 aliphatic rings. The van der Waals surface area contributed by atoms with Crippen LogP contribution in [0.1, 0.15) is 25.1 Å². The number of anilines is 2. The summed E-state index contributed by atoms with van der Waals surface area (Å²) in [5, 5.41) is 2.80. The first-order chi connectivity index (χ1) is 8.93. The van der Waals surface area contributed by atoms with E-state index in [1.54, 1.807) is 7.11 Å². The molecule has 0 radical (unpaired) electrons. The minimum Gasteiger partial charge on any atom is -0.385 e. The second-order valence-corrected chi connectivity index (χ2v) is 3.98. The minimum absolute atomic E-state index is 0.0894. The number of halogens is 3. The van der Waals surface area contributed by atoms with E-state index in [1.165, 1.54) is 6.07 Å². The van der Waals surface area contributed by atoms with E-state index in [2.05, 4.69) is 15.3 Å². The first kappa shape index (κ1) is 15.5. The van der Waals surface area contributed by atoms with E-state index in [4.69, 9.17) is 10.5 Å². The average Bonchev–Trinajstić information content (AvgIpc) is 2.32. The van der Waals surface area contributed by atoms with Gasteiger partial charge in [0.25, 0.3) is 0 Å². The third kappa shape index (κ3) is 5.73. The van der Waals surface area contributed by atoms with Crippen LogP contribution in [0, 0.1) is 0 Å². The zero-order valence-electron chi connectivity index (χ0n) is 10.6. The van der Waals surface area contributed by atoms with Gasteiger partial charge in [-0.3, -0.25) is 0 Å². The van der Waals surface area contributed by atoms with Crippen LogP contribution in [0.2, 0.25) is 0 Å². The standard InChI is InChI=1S/C11H17F3N4O/c1-19-6-4-2-3-5-16-9-7-8(15)17-10(18-9)11(12,13)14/h7H,2-6H2,1H3,(H3,15,16,17,18). The largest absolute Gasteiger partial charge is 0.451 e. The summed E-state index contributed by atoms with van der Waals surface area (Å²) >= 11 is 0. The lowest BCUT2D eigenvalue weighted by atomic mass is 10.2. The molecule has 0 aliphatic carbocycles. The van der Waals surface area contributed by atoms with Gasteiger partial charge in [0.05, 0.1) is 0 Å². The Balaban J connectivity index is 2.48. The first-order valence-electron chi connectivity index (χ1n) is 5.88. The lowest BCUT2D eigenvalue weighted by Gasteiger charge is -2.10. The Labute approximate surface area is 109 Å². The fourth-order valence-corrected chi connectivity index (χ4v) is 1.45. The molecule has 3 N–H and O–H groups in total. The van der Waals surface area contributed by atoms with Crippen LogP contribution in [-0.2, 0) is 10.9 Å². The molecule has 8 heteroatoms. The number of ether oxygens (including phenoxy) is 1. The maximum Gasteiger partial charge on any atom is 0.451 e. The molecule has 1 aromatic heterocycles. The quantitative estimate of drug-likeness (QED) is 0.749. The summed E-state index contributed by atoms with van der Waals surface area (Å²) in [6, 6.07) is 1.28. The molecule has 0 unspecified atom stereocenters. The molecule has 108 valence electrons. The Bertz CT molecular complexity index is 398. The number of aromatic nitrogens is 2. The summed E-state index contributed by atoms with van der Waals surface area (Å²) in [7, 11) is 1.63. The Morgan fingerprint density at radius 3 is 2.63 bits per heavy atom. The van der Waals surface area contributed by atoms with E-state index >= 15 is 0 Å². The second kappa shape index (κ2) is 7.13. The van der Waals surface area contributed by atoms with Crippen molar-refractivity contribution in [2.45, 2.75) is 25.4 Å². The summed E-state index contributed by atoms with van der Waals surface area (Å²) in [6.07, 6.45) is -1.94. The first-order valence-corrected chi connectivity index (χ1v) is 5.88. The average molecular weight is 278 g/mol. The van der Waals surface area contributed by atoms with Crippen LogP contribution < -0.4 is 11.1 Å². The zero-order chi connectivity index (χ0) is 14.3. The highest BCUT2D eigenvalue weighted by Gasteiger charge is 2.35. The molecule has 1 heterocycles. The van der Waals surface area contributed by atoms with Crippen molar-refractivity contribution in [1.82, 2.24) is 9.97 Å². The molecule has 1 rings (SSSR count). The van der Waals surface area contributed by atoms with Gasteiger partial charge < -0.3 is 15.8 Å². The van der Waals surface area contributed by atoms with Gasteiger partial charge in [0.15, 0.2) is 0 Å². The molecule has 0 amide bonds. The molecule has 0 saturated carbocycles. The molecule has 0 aliphatic heterocycles. The molecule has 0 saturated heterocycles. The number of nitrogens with two attached hydrogens (primary N) is 1. The van der Waals surface area contributed by atoms with Crippen LogP contribution in [-0.4, -0.2) is 30.2 Å². The molecular weight excluding hydrogens is 261 g/mol. The third-order valence-corrected chi connectivity index (χ3v) is 2.33. The van der Waals surface area contributed by atoms with Crippen molar-refractivity contribution < 1.29 is 17.9 Å². The normalized spacial score (nSPS) is 11.6. The van der Waals surface area contributed by atoms with Crippen LogP contribution in [0.15, 0.2) is 6.07 Å². The van der Waals surface area contributed by atoms with Gasteiger partial charge in [-0.15, -0.1) is 0 Å². The summed E-state index contributed by atoms with van der Waals surface area (Å²) < 4.78 is 42.3. The van der Waals surface area contributed by atoms with Gasteiger partial charge in [0.1, 0.15) is 11.6 Å². The van der Waals surface area contributed by atoms with Crippen molar-refractivity contribution in [3.63, 3.8) is 0 Å². The molecule has 0 fully saturated rings. The fraction of sp³-hybridized carbons (Fsp3) is 0.636. The van der Waals surface area contributed by atoms with Crippen LogP contribution in [0.3, 0.4) is 0 Å². The molecule has 1 aromatic rings. The Hall–Kier alpha value is -1.57. The molecule has 0 aromatic carbocycles. The van der Waals surface area contributed by atoms with Crippen molar-refractivity contribution in [1.29, 1.82) is 0 Å². The monoisotopic (exact) mass is 278 g/mol. The lowest BCUT2D eigenvalue weighted by molar-refractivity contribution is -0.144. The minimum atomic E-state index is -4.59. The summed E-state index contributed by atoms with van der Waals surface area (Å²) in [6.45, 7) is 1.20. The summed E-state index contributed by atoms with van der Waals surface area (Å²) in [5.74, 6) is -1.34. The predicted octanol–water partition coefficient (Wildman–Crippen LogP) is 2.31. The number of unbranched alkanes of at least 4 members (excludes halogenated alkanes) is 2. The Morgan fingerprint density at radius 2 is 2.00 bits per heavy atom. The van der Waals surface area contributed by atoms with Gasteiger partial charge in [0.2, 0.25) is 5.82 Å². The van der Waals surface area contributed by atoms with Crippen molar-refractivity contribution in [2.75, 3.05) is 31.3 Å².